The summed E-state index contributed by atoms with van der Waals surface area (Å²) >= 11 is 0. The summed E-state index contributed by atoms with van der Waals surface area (Å²) in [4.78, 5) is 0. The molecule has 0 spiro atoms. The van der Waals surface area contributed by atoms with Crippen molar-refractivity contribution < 1.29 is 0 Å². The van der Waals surface area contributed by atoms with Crippen molar-refractivity contribution in [3.05, 3.63) is 109 Å². The molecule has 0 nitrogen and oxygen atoms in total. The van der Waals surface area contributed by atoms with Crippen LogP contribution in [0.4, 0.5) is 0 Å². The minimum Gasteiger partial charge on any atom is -0.0616 e. The first-order chi connectivity index (χ1) is 17.5. The smallest absolute Gasteiger partial charge is 0.00134 e. The van der Waals surface area contributed by atoms with Gasteiger partial charge in [0.15, 0.2) is 0 Å². The molecule has 170 valence electrons. The number of rotatable bonds is 0. The van der Waals surface area contributed by atoms with Crippen LogP contribution in [0, 0.1) is 0 Å². The molecule has 8 aromatic rings. The molecule has 0 amide bonds. The van der Waals surface area contributed by atoms with Crippen molar-refractivity contribution in [1.82, 2.24) is 0 Å². The van der Waals surface area contributed by atoms with Crippen LogP contribution in [0.1, 0.15) is 26.3 Å². The Bertz CT molecular complexity index is 2150. The van der Waals surface area contributed by atoms with Gasteiger partial charge in [0.1, 0.15) is 0 Å². The van der Waals surface area contributed by atoms with Crippen molar-refractivity contribution in [2.24, 2.45) is 0 Å². The average molecular weight is 459 g/mol. The van der Waals surface area contributed by atoms with Gasteiger partial charge >= 0.3 is 0 Å². The molecule has 0 aliphatic carbocycles. The molecule has 0 aliphatic rings. The number of benzene rings is 8. The van der Waals surface area contributed by atoms with Crippen molar-refractivity contribution in [1.29, 1.82) is 0 Å². The summed E-state index contributed by atoms with van der Waals surface area (Å²) in [6, 6.07) is 39.0. The summed E-state index contributed by atoms with van der Waals surface area (Å²) in [5, 5.41) is 18.8. The van der Waals surface area contributed by atoms with Gasteiger partial charge in [0, 0.05) is 0 Å². The zero-order valence-corrected chi connectivity index (χ0v) is 20.8. The van der Waals surface area contributed by atoms with Crippen molar-refractivity contribution in [2.45, 2.75) is 26.2 Å². The third-order valence-electron chi connectivity index (χ3n) is 8.27. The van der Waals surface area contributed by atoms with E-state index in [0.717, 1.165) is 0 Å². The molecule has 0 radical (unpaired) electrons. The highest BCUT2D eigenvalue weighted by Gasteiger charge is 2.20. The second-order valence-electron chi connectivity index (χ2n) is 11.4. The zero-order chi connectivity index (χ0) is 24.2. The Kier molecular flexibility index (Phi) is 3.76. The average Bonchev–Trinajstić information content (AvgIpc) is 2.90. The third-order valence-corrected chi connectivity index (χ3v) is 8.27. The van der Waals surface area contributed by atoms with Crippen LogP contribution in [0.15, 0.2) is 103 Å². The maximum atomic E-state index is 2.44. The topological polar surface area (TPSA) is 0 Å². The van der Waals surface area contributed by atoms with Crippen LogP contribution in [-0.4, -0.2) is 0 Å². The molecule has 0 fully saturated rings. The lowest BCUT2D eigenvalue weighted by atomic mass is 9.82. The standard InChI is InChI=1S/C36H26/c1-36(2,3)25-18-22-12-13-24-20-31-28-11-7-6-10-27(28)29-16-14-21-8-4-5-9-26(21)34(29)35(31)30-17-15-23(19-25)32(22)33(24)30/h4-20H,1-3H3. The molecule has 0 bridgehead atoms. The van der Waals surface area contributed by atoms with Gasteiger partial charge in [-0.3, -0.25) is 0 Å². The van der Waals surface area contributed by atoms with Crippen LogP contribution >= 0.6 is 0 Å². The highest BCUT2D eigenvalue weighted by molar-refractivity contribution is 6.40. The lowest BCUT2D eigenvalue weighted by molar-refractivity contribution is 0.591. The molecule has 0 heteroatoms. The predicted octanol–water partition coefficient (Wildman–Crippen LogP) is 10.5. The molecule has 0 aliphatic heterocycles. The molecule has 8 rings (SSSR count). The van der Waals surface area contributed by atoms with Crippen LogP contribution in [-0.2, 0) is 5.41 Å². The Labute approximate surface area is 210 Å². The minimum absolute atomic E-state index is 0.116. The molecular formula is C36H26. The Morgan fingerprint density at radius 3 is 1.61 bits per heavy atom. The lowest BCUT2D eigenvalue weighted by Crippen LogP contribution is -2.10. The largest absolute Gasteiger partial charge is 0.0616 e. The Balaban J connectivity index is 1.70. The van der Waals surface area contributed by atoms with Crippen molar-refractivity contribution >= 4 is 75.4 Å². The van der Waals surface area contributed by atoms with Crippen LogP contribution in [0.3, 0.4) is 0 Å². The van der Waals surface area contributed by atoms with E-state index in [1.54, 1.807) is 0 Å². The summed E-state index contributed by atoms with van der Waals surface area (Å²) < 4.78 is 0. The van der Waals surface area contributed by atoms with Gasteiger partial charge in [-0.1, -0.05) is 118 Å². The van der Waals surface area contributed by atoms with Crippen molar-refractivity contribution in [3.63, 3.8) is 0 Å². The fraction of sp³-hybridized carbons (Fsp3) is 0.111. The van der Waals surface area contributed by atoms with Crippen LogP contribution in [0.25, 0.3) is 75.4 Å². The Morgan fingerprint density at radius 2 is 0.889 bits per heavy atom. The SMILES string of the molecule is CC(C)(C)c1cc2ccc3cc4c5ccccc5c5ccc6ccccc6c5c4c4ccc(c1)c2c34. The van der Waals surface area contributed by atoms with E-state index < -0.39 is 0 Å². The maximum absolute atomic E-state index is 2.44. The van der Waals surface area contributed by atoms with E-state index in [0.29, 0.717) is 0 Å². The predicted molar refractivity (Wildman–Crippen MR) is 159 cm³/mol. The van der Waals surface area contributed by atoms with Crippen molar-refractivity contribution in [3.8, 4) is 0 Å². The minimum atomic E-state index is 0.116. The summed E-state index contributed by atoms with van der Waals surface area (Å²) in [7, 11) is 0. The highest BCUT2D eigenvalue weighted by atomic mass is 14.2. The molecule has 8 aromatic carbocycles. The first-order valence-corrected chi connectivity index (χ1v) is 12.9. The number of hydrogen-bond donors (Lipinski definition) is 0. The molecule has 0 heterocycles. The van der Waals surface area contributed by atoms with E-state index in [-0.39, 0.29) is 5.41 Å². The summed E-state index contributed by atoms with van der Waals surface area (Å²) in [5.41, 5.74) is 1.51. The third kappa shape index (κ3) is 2.54. The second kappa shape index (κ2) is 6.74. The van der Waals surface area contributed by atoms with Gasteiger partial charge in [-0.2, -0.15) is 0 Å². The first-order valence-electron chi connectivity index (χ1n) is 12.9. The zero-order valence-electron chi connectivity index (χ0n) is 20.8. The number of hydrogen-bond acceptors (Lipinski definition) is 0. The van der Waals surface area contributed by atoms with Gasteiger partial charge in [-0.05, 0) is 92.5 Å². The lowest BCUT2D eigenvalue weighted by Gasteiger charge is -2.22. The quantitative estimate of drug-likeness (QED) is 0.157. The normalized spacial score (nSPS) is 12.9. The summed E-state index contributed by atoms with van der Waals surface area (Å²) in [6.07, 6.45) is 0. The fourth-order valence-electron chi connectivity index (χ4n) is 6.53. The number of fused-ring (bicyclic) bond motifs is 9. The first kappa shape index (κ1) is 20.1. The van der Waals surface area contributed by atoms with E-state index in [2.05, 4.69) is 124 Å². The van der Waals surface area contributed by atoms with E-state index in [4.69, 9.17) is 0 Å². The molecule has 0 N–H and O–H groups in total. The molecule has 0 unspecified atom stereocenters. The molecular weight excluding hydrogens is 432 g/mol. The van der Waals surface area contributed by atoms with E-state index in [9.17, 15) is 0 Å². The molecule has 0 aromatic heterocycles. The van der Waals surface area contributed by atoms with Gasteiger partial charge in [-0.15, -0.1) is 0 Å². The van der Waals surface area contributed by atoms with E-state index in [1.807, 2.05) is 0 Å². The van der Waals surface area contributed by atoms with Gasteiger partial charge in [0.25, 0.3) is 0 Å². The van der Waals surface area contributed by atoms with Gasteiger partial charge in [0.2, 0.25) is 0 Å². The van der Waals surface area contributed by atoms with Gasteiger partial charge < -0.3 is 0 Å². The maximum Gasteiger partial charge on any atom is -0.00134 e. The molecule has 36 heavy (non-hydrogen) atoms. The van der Waals surface area contributed by atoms with Gasteiger partial charge in [0.05, 0.1) is 0 Å². The van der Waals surface area contributed by atoms with Crippen molar-refractivity contribution in [2.75, 3.05) is 0 Å². The van der Waals surface area contributed by atoms with Gasteiger partial charge in [-0.25, -0.2) is 0 Å². The second-order valence-corrected chi connectivity index (χ2v) is 11.4. The van der Waals surface area contributed by atoms with Crippen LogP contribution in [0.5, 0.6) is 0 Å². The van der Waals surface area contributed by atoms with Crippen LogP contribution in [0.2, 0.25) is 0 Å². The molecule has 0 saturated heterocycles. The van der Waals surface area contributed by atoms with E-state index in [1.165, 1.54) is 81.0 Å². The molecule has 0 saturated carbocycles. The summed E-state index contributed by atoms with van der Waals surface area (Å²) in [6.45, 7) is 6.90. The highest BCUT2D eigenvalue weighted by Crippen LogP contribution is 2.46. The molecule has 0 atom stereocenters. The fourth-order valence-corrected chi connectivity index (χ4v) is 6.53. The monoisotopic (exact) mass is 458 g/mol. The van der Waals surface area contributed by atoms with Crippen LogP contribution < -0.4 is 0 Å². The van der Waals surface area contributed by atoms with E-state index >= 15 is 0 Å². The Morgan fingerprint density at radius 1 is 0.361 bits per heavy atom. The Hall–Kier alpha value is -4.16. The summed E-state index contributed by atoms with van der Waals surface area (Å²) in [5.74, 6) is 0.